The van der Waals surface area contributed by atoms with Gasteiger partial charge in [-0.05, 0) is 42.4 Å². The van der Waals surface area contributed by atoms with Gasteiger partial charge in [0.2, 0.25) is 0 Å². The summed E-state index contributed by atoms with van der Waals surface area (Å²) in [6, 6.07) is 2.62. The van der Waals surface area contributed by atoms with Crippen molar-refractivity contribution < 1.29 is 4.74 Å². The number of thiophene rings is 1. The maximum atomic E-state index is 5.30. The molecule has 0 spiro atoms. The number of nitrogens with one attached hydrogen (secondary N) is 1. The van der Waals surface area contributed by atoms with Crippen LogP contribution in [0.1, 0.15) is 18.9 Å². The molecule has 4 heteroatoms. The van der Waals surface area contributed by atoms with Gasteiger partial charge in [0.25, 0.3) is 0 Å². The van der Waals surface area contributed by atoms with Crippen molar-refractivity contribution in [3.05, 3.63) is 22.4 Å². The summed E-state index contributed by atoms with van der Waals surface area (Å²) in [5, 5.41) is 7.80. The molecule has 0 aliphatic rings. The van der Waals surface area contributed by atoms with Crippen LogP contribution >= 0.6 is 11.3 Å². The summed E-state index contributed by atoms with van der Waals surface area (Å²) < 4.78 is 5.30. The lowest BCUT2D eigenvalue weighted by atomic mass is 10.2. The van der Waals surface area contributed by atoms with Gasteiger partial charge in [-0.3, -0.25) is 4.90 Å². The molecule has 1 atom stereocenters. The van der Waals surface area contributed by atoms with Crippen molar-refractivity contribution >= 4 is 11.3 Å². The van der Waals surface area contributed by atoms with E-state index >= 15 is 0 Å². The minimum absolute atomic E-state index is 0.437. The summed E-state index contributed by atoms with van der Waals surface area (Å²) in [6.45, 7) is 6.02. The monoisotopic (exact) mass is 256 g/mol. The molecular formula is C13H24N2OS. The van der Waals surface area contributed by atoms with Gasteiger partial charge in [-0.25, -0.2) is 0 Å². The number of ether oxygens (including phenoxy) is 1. The number of rotatable bonds is 9. The van der Waals surface area contributed by atoms with E-state index in [2.05, 4.69) is 41.0 Å². The normalized spacial score (nSPS) is 13.2. The summed E-state index contributed by atoms with van der Waals surface area (Å²) in [7, 11) is 3.93. The molecule has 1 rings (SSSR count). The molecule has 0 aromatic carbocycles. The Kier molecular flexibility index (Phi) is 7.44. The van der Waals surface area contributed by atoms with Crippen LogP contribution in [0, 0.1) is 0 Å². The third-order valence-electron chi connectivity index (χ3n) is 2.80. The maximum absolute atomic E-state index is 5.30. The first kappa shape index (κ1) is 14.6. The van der Waals surface area contributed by atoms with E-state index in [1.54, 1.807) is 18.4 Å². The predicted molar refractivity (Wildman–Crippen MR) is 74.6 cm³/mol. The highest BCUT2D eigenvalue weighted by Crippen LogP contribution is 2.10. The van der Waals surface area contributed by atoms with Crippen molar-refractivity contribution in [2.45, 2.75) is 25.9 Å². The highest BCUT2D eigenvalue weighted by atomic mass is 32.1. The van der Waals surface area contributed by atoms with Crippen LogP contribution in [-0.4, -0.2) is 44.8 Å². The van der Waals surface area contributed by atoms with Gasteiger partial charge >= 0.3 is 0 Å². The third-order valence-corrected chi connectivity index (χ3v) is 3.53. The summed E-state index contributed by atoms with van der Waals surface area (Å²) in [4.78, 5) is 2.36. The molecule has 0 amide bonds. The molecule has 0 radical (unpaired) electrons. The van der Waals surface area contributed by atoms with Crippen molar-refractivity contribution in [1.29, 1.82) is 0 Å². The van der Waals surface area contributed by atoms with Crippen LogP contribution in [0.4, 0.5) is 0 Å². The standard InChI is InChI=1S/C13H24N2OS/c1-4-6-14-8-13(10-16-3)15(2)9-12-5-7-17-11-12/h5,7,11,13-14H,4,6,8-10H2,1-3H3. The van der Waals surface area contributed by atoms with Gasteiger partial charge in [0.1, 0.15) is 0 Å². The fraction of sp³-hybridized carbons (Fsp3) is 0.692. The first-order chi connectivity index (χ1) is 8.27. The quantitative estimate of drug-likeness (QED) is 0.686. The largest absolute Gasteiger partial charge is 0.383 e. The van der Waals surface area contributed by atoms with Gasteiger partial charge in [0.05, 0.1) is 6.61 Å². The zero-order valence-corrected chi connectivity index (χ0v) is 11.9. The number of likely N-dealkylation sites (N-methyl/N-ethyl adjacent to an activating group) is 1. The van der Waals surface area contributed by atoms with Gasteiger partial charge in [-0.15, -0.1) is 0 Å². The van der Waals surface area contributed by atoms with E-state index in [4.69, 9.17) is 4.74 Å². The van der Waals surface area contributed by atoms with Crippen LogP contribution < -0.4 is 5.32 Å². The van der Waals surface area contributed by atoms with Gasteiger partial charge in [-0.2, -0.15) is 11.3 Å². The molecule has 0 aliphatic heterocycles. The average Bonchev–Trinajstić information content (AvgIpc) is 2.81. The van der Waals surface area contributed by atoms with Crippen molar-refractivity contribution in [2.75, 3.05) is 33.9 Å². The van der Waals surface area contributed by atoms with E-state index in [0.717, 1.165) is 26.2 Å². The van der Waals surface area contributed by atoms with Gasteiger partial charge in [-0.1, -0.05) is 6.92 Å². The fourth-order valence-electron chi connectivity index (χ4n) is 1.78. The molecule has 1 N–H and O–H groups in total. The second-order valence-corrected chi connectivity index (χ2v) is 5.14. The highest BCUT2D eigenvalue weighted by molar-refractivity contribution is 7.07. The number of hydrogen-bond acceptors (Lipinski definition) is 4. The van der Waals surface area contributed by atoms with Gasteiger partial charge < -0.3 is 10.1 Å². The number of methoxy groups -OCH3 is 1. The molecule has 0 saturated heterocycles. The van der Waals surface area contributed by atoms with Crippen LogP contribution in [0.3, 0.4) is 0 Å². The SMILES string of the molecule is CCCNCC(COC)N(C)Cc1ccsc1. The maximum Gasteiger partial charge on any atom is 0.0630 e. The summed E-state index contributed by atoms with van der Waals surface area (Å²) in [5.74, 6) is 0. The second-order valence-electron chi connectivity index (χ2n) is 4.36. The minimum atomic E-state index is 0.437. The molecule has 0 bridgehead atoms. The Hall–Kier alpha value is -0.420. The first-order valence-electron chi connectivity index (χ1n) is 6.18. The van der Waals surface area contributed by atoms with Crippen LogP contribution in [0.2, 0.25) is 0 Å². The van der Waals surface area contributed by atoms with E-state index in [-0.39, 0.29) is 0 Å². The smallest absolute Gasteiger partial charge is 0.0630 e. The lowest BCUT2D eigenvalue weighted by Crippen LogP contribution is -2.42. The predicted octanol–water partition coefficient (Wildman–Crippen LogP) is 2.19. The van der Waals surface area contributed by atoms with Gasteiger partial charge in [0, 0.05) is 26.2 Å². The fourth-order valence-corrected chi connectivity index (χ4v) is 2.44. The van der Waals surface area contributed by atoms with Crippen LogP contribution in [0.25, 0.3) is 0 Å². The average molecular weight is 256 g/mol. The Morgan fingerprint density at radius 3 is 2.94 bits per heavy atom. The lowest BCUT2D eigenvalue weighted by molar-refractivity contribution is 0.101. The van der Waals surface area contributed by atoms with Crippen molar-refractivity contribution in [1.82, 2.24) is 10.2 Å². The third kappa shape index (κ3) is 5.64. The molecule has 17 heavy (non-hydrogen) atoms. The molecule has 0 fully saturated rings. The Balaban J connectivity index is 2.39. The topological polar surface area (TPSA) is 24.5 Å². The summed E-state index contributed by atoms with van der Waals surface area (Å²) >= 11 is 1.75. The summed E-state index contributed by atoms with van der Waals surface area (Å²) in [5.41, 5.74) is 1.38. The molecule has 1 aromatic rings. The number of nitrogens with zero attached hydrogens (tertiary/aromatic N) is 1. The molecule has 1 unspecified atom stereocenters. The van der Waals surface area contributed by atoms with Gasteiger partial charge in [0.15, 0.2) is 0 Å². The summed E-state index contributed by atoms with van der Waals surface area (Å²) in [6.07, 6.45) is 1.17. The van der Waals surface area contributed by atoms with E-state index in [1.807, 2.05) is 0 Å². The minimum Gasteiger partial charge on any atom is -0.383 e. The Labute approximate surface area is 109 Å². The van der Waals surface area contributed by atoms with Crippen LogP contribution in [-0.2, 0) is 11.3 Å². The van der Waals surface area contributed by atoms with Crippen LogP contribution in [0.15, 0.2) is 16.8 Å². The molecule has 98 valence electrons. The lowest BCUT2D eigenvalue weighted by Gasteiger charge is -2.27. The van der Waals surface area contributed by atoms with Crippen molar-refractivity contribution in [3.8, 4) is 0 Å². The van der Waals surface area contributed by atoms with Crippen molar-refractivity contribution in [3.63, 3.8) is 0 Å². The molecule has 1 heterocycles. The number of hydrogen-bond donors (Lipinski definition) is 1. The zero-order chi connectivity index (χ0) is 12.5. The molecule has 0 saturated carbocycles. The van der Waals surface area contributed by atoms with E-state index in [0.29, 0.717) is 6.04 Å². The van der Waals surface area contributed by atoms with Crippen LogP contribution in [0.5, 0.6) is 0 Å². The Morgan fingerprint density at radius 1 is 1.53 bits per heavy atom. The second kappa shape index (κ2) is 8.64. The Bertz CT molecular complexity index is 277. The Morgan fingerprint density at radius 2 is 2.35 bits per heavy atom. The van der Waals surface area contributed by atoms with E-state index < -0.39 is 0 Å². The molecular weight excluding hydrogens is 232 g/mol. The van der Waals surface area contributed by atoms with Crippen molar-refractivity contribution in [2.24, 2.45) is 0 Å². The molecule has 3 nitrogen and oxygen atoms in total. The van der Waals surface area contributed by atoms with E-state index in [9.17, 15) is 0 Å². The highest BCUT2D eigenvalue weighted by Gasteiger charge is 2.14. The van der Waals surface area contributed by atoms with E-state index in [1.165, 1.54) is 12.0 Å². The zero-order valence-electron chi connectivity index (χ0n) is 11.1. The molecule has 0 aliphatic carbocycles. The first-order valence-corrected chi connectivity index (χ1v) is 7.13. The molecule has 1 aromatic heterocycles.